The molecule has 0 aliphatic carbocycles. The number of aryl methyl sites for hydroxylation is 1. The number of aromatic nitrogens is 1. The molecule has 1 aromatic heterocycles. The number of esters is 1. The van der Waals surface area contributed by atoms with Crippen molar-refractivity contribution in [3.63, 3.8) is 0 Å². The minimum atomic E-state index is -3.59. The molecule has 7 heteroatoms. The van der Waals surface area contributed by atoms with Gasteiger partial charge in [-0.2, -0.15) is 0 Å². The summed E-state index contributed by atoms with van der Waals surface area (Å²) in [6.45, 7) is 7.24. The minimum Gasteiger partial charge on any atom is -0.456 e. The van der Waals surface area contributed by atoms with Crippen LogP contribution in [0.1, 0.15) is 38.1 Å². The molecule has 108 valence electrons. The topological polar surface area (TPSA) is 77.4 Å². The quantitative estimate of drug-likeness (QED) is 0.847. The van der Waals surface area contributed by atoms with Crippen molar-refractivity contribution in [1.82, 2.24) is 9.29 Å². The second kappa shape index (κ2) is 5.34. The van der Waals surface area contributed by atoms with E-state index < -0.39 is 21.6 Å². The Kier molecular flexibility index (Phi) is 4.42. The van der Waals surface area contributed by atoms with Gasteiger partial charge < -0.3 is 9.30 Å². The van der Waals surface area contributed by atoms with Crippen LogP contribution in [0, 0.1) is 0 Å². The lowest BCUT2D eigenvalue weighted by molar-refractivity contribution is 0.00695. The molecular weight excluding hydrogens is 268 g/mol. The van der Waals surface area contributed by atoms with E-state index in [0.717, 1.165) is 0 Å². The van der Waals surface area contributed by atoms with Crippen LogP contribution >= 0.6 is 0 Å². The molecule has 6 nitrogen and oxygen atoms in total. The summed E-state index contributed by atoms with van der Waals surface area (Å²) in [4.78, 5) is 11.9. The largest absolute Gasteiger partial charge is 0.456 e. The molecule has 0 radical (unpaired) electrons. The van der Waals surface area contributed by atoms with Gasteiger partial charge in [-0.3, -0.25) is 0 Å². The molecule has 0 spiro atoms. The van der Waals surface area contributed by atoms with Crippen LogP contribution in [0.25, 0.3) is 0 Å². The Morgan fingerprint density at radius 3 is 2.47 bits per heavy atom. The normalized spacial score (nSPS) is 12.5. The van der Waals surface area contributed by atoms with Gasteiger partial charge in [0.15, 0.2) is 5.03 Å². The summed E-state index contributed by atoms with van der Waals surface area (Å²) in [5.74, 6) is -0.541. The molecule has 0 amide bonds. The number of rotatable bonds is 4. The highest BCUT2D eigenvalue weighted by molar-refractivity contribution is 7.89. The summed E-state index contributed by atoms with van der Waals surface area (Å²) in [5, 5.41) is 0.0372. The molecule has 0 bridgehead atoms. The Hall–Kier alpha value is -1.34. The van der Waals surface area contributed by atoms with Gasteiger partial charge >= 0.3 is 5.97 Å². The Labute approximate surface area is 113 Å². The van der Waals surface area contributed by atoms with Crippen molar-refractivity contribution in [3.05, 3.63) is 17.8 Å². The highest BCUT2D eigenvalue weighted by atomic mass is 32.2. The van der Waals surface area contributed by atoms with E-state index in [1.807, 2.05) is 0 Å². The SMILES string of the molecule is CCNS(=O)(=O)c1cc(C(=O)OC(C)(C)C)cn1C. The summed E-state index contributed by atoms with van der Waals surface area (Å²) in [7, 11) is -2.02. The van der Waals surface area contributed by atoms with Crippen LogP contribution in [0.3, 0.4) is 0 Å². The van der Waals surface area contributed by atoms with Crippen molar-refractivity contribution in [2.45, 2.75) is 38.3 Å². The van der Waals surface area contributed by atoms with Crippen LogP contribution < -0.4 is 4.72 Å². The first-order valence-corrected chi connectivity index (χ1v) is 7.44. The third-order valence-corrected chi connectivity index (χ3v) is 3.83. The lowest BCUT2D eigenvalue weighted by atomic mass is 10.2. The van der Waals surface area contributed by atoms with Crippen LogP contribution in [0.4, 0.5) is 0 Å². The molecular formula is C12H20N2O4S. The van der Waals surface area contributed by atoms with E-state index in [1.54, 1.807) is 34.7 Å². The van der Waals surface area contributed by atoms with E-state index in [1.165, 1.54) is 16.8 Å². The lowest BCUT2D eigenvalue weighted by Gasteiger charge is -2.18. The van der Waals surface area contributed by atoms with Crippen LogP contribution in [0.5, 0.6) is 0 Å². The highest BCUT2D eigenvalue weighted by Gasteiger charge is 2.23. The van der Waals surface area contributed by atoms with E-state index in [0.29, 0.717) is 0 Å². The zero-order chi connectivity index (χ0) is 14.8. The minimum absolute atomic E-state index is 0.0372. The smallest absolute Gasteiger partial charge is 0.340 e. The van der Waals surface area contributed by atoms with Gasteiger partial charge in [0.1, 0.15) is 5.60 Å². The van der Waals surface area contributed by atoms with Crippen LogP contribution in [0.2, 0.25) is 0 Å². The first kappa shape index (κ1) is 15.7. The second-order valence-corrected chi connectivity index (χ2v) is 6.89. The number of ether oxygens (including phenoxy) is 1. The molecule has 0 aliphatic heterocycles. The van der Waals surface area contributed by atoms with Crippen molar-refractivity contribution in [3.8, 4) is 0 Å². The van der Waals surface area contributed by atoms with Gasteiger partial charge in [0.25, 0.3) is 10.0 Å². The number of hydrogen-bond acceptors (Lipinski definition) is 4. The molecule has 0 atom stereocenters. The first-order valence-electron chi connectivity index (χ1n) is 5.96. The fraction of sp³-hybridized carbons (Fsp3) is 0.583. The Balaban J connectivity index is 3.07. The summed E-state index contributed by atoms with van der Waals surface area (Å²) < 4.78 is 32.7. The molecule has 1 aromatic rings. The summed E-state index contributed by atoms with van der Waals surface area (Å²) in [6, 6.07) is 1.31. The summed E-state index contributed by atoms with van der Waals surface area (Å²) in [5.41, 5.74) is -0.401. The Morgan fingerprint density at radius 2 is 2.00 bits per heavy atom. The average molecular weight is 288 g/mol. The van der Waals surface area contributed by atoms with Crippen molar-refractivity contribution in [2.75, 3.05) is 6.54 Å². The van der Waals surface area contributed by atoms with E-state index in [9.17, 15) is 13.2 Å². The van der Waals surface area contributed by atoms with Gasteiger partial charge in [0.2, 0.25) is 0 Å². The molecule has 0 saturated carbocycles. The molecule has 19 heavy (non-hydrogen) atoms. The maximum atomic E-state index is 11.9. The third-order valence-electron chi connectivity index (χ3n) is 2.20. The van der Waals surface area contributed by atoms with Crippen LogP contribution in [-0.4, -0.2) is 31.1 Å². The van der Waals surface area contributed by atoms with E-state index >= 15 is 0 Å². The summed E-state index contributed by atoms with van der Waals surface area (Å²) in [6.07, 6.45) is 1.44. The third kappa shape index (κ3) is 4.07. The van der Waals surface area contributed by atoms with Crippen molar-refractivity contribution in [1.29, 1.82) is 0 Å². The van der Waals surface area contributed by atoms with Crippen LogP contribution in [0.15, 0.2) is 17.3 Å². The van der Waals surface area contributed by atoms with Gasteiger partial charge in [0, 0.05) is 19.8 Å². The van der Waals surface area contributed by atoms with Gasteiger partial charge in [-0.15, -0.1) is 0 Å². The monoisotopic (exact) mass is 288 g/mol. The maximum Gasteiger partial charge on any atom is 0.340 e. The molecule has 1 heterocycles. The number of sulfonamides is 1. The molecule has 1 N–H and O–H groups in total. The van der Waals surface area contributed by atoms with E-state index in [-0.39, 0.29) is 17.1 Å². The molecule has 0 fully saturated rings. The fourth-order valence-electron chi connectivity index (χ4n) is 1.52. The number of carbonyl (C=O) groups excluding carboxylic acids is 1. The zero-order valence-electron chi connectivity index (χ0n) is 11.9. The molecule has 1 rings (SSSR count). The maximum absolute atomic E-state index is 11.9. The predicted molar refractivity (Wildman–Crippen MR) is 71.4 cm³/mol. The summed E-state index contributed by atoms with van der Waals surface area (Å²) >= 11 is 0. The van der Waals surface area contributed by atoms with Crippen LogP contribution in [-0.2, 0) is 21.8 Å². The zero-order valence-corrected chi connectivity index (χ0v) is 12.7. The van der Waals surface area contributed by atoms with Crippen molar-refractivity contribution >= 4 is 16.0 Å². The van der Waals surface area contributed by atoms with Gasteiger partial charge in [-0.25, -0.2) is 17.9 Å². The lowest BCUT2D eigenvalue weighted by Crippen LogP contribution is -2.25. The van der Waals surface area contributed by atoms with Crippen molar-refractivity contribution in [2.24, 2.45) is 7.05 Å². The number of carbonyl (C=O) groups is 1. The van der Waals surface area contributed by atoms with Gasteiger partial charge in [-0.05, 0) is 26.8 Å². The number of nitrogens with zero attached hydrogens (tertiary/aromatic N) is 1. The average Bonchev–Trinajstić information content (AvgIpc) is 2.58. The van der Waals surface area contributed by atoms with Gasteiger partial charge in [-0.1, -0.05) is 6.92 Å². The number of nitrogens with one attached hydrogen (secondary N) is 1. The van der Waals surface area contributed by atoms with Gasteiger partial charge in [0.05, 0.1) is 5.56 Å². The Morgan fingerprint density at radius 1 is 1.42 bits per heavy atom. The first-order chi connectivity index (χ1) is 8.57. The molecule has 0 aromatic carbocycles. The fourth-order valence-corrected chi connectivity index (χ4v) is 2.77. The van der Waals surface area contributed by atoms with Crippen molar-refractivity contribution < 1.29 is 17.9 Å². The Bertz CT molecular complexity index is 567. The molecule has 0 aliphatic rings. The molecule has 0 unspecified atom stereocenters. The second-order valence-electron chi connectivity index (χ2n) is 5.18. The predicted octanol–water partition coefficient (Wildman–Crippen LogP) is 1.28. The van der Waals surface area contributed by atoms with E-state index in [4.69, 9.17) is 4.74 Å². The molecule has 0 saturated heterocycles. The standard InChI is InChI=1S/C12H20N2O4S/c1-6-13-19(16,17)10-7-9(8-14(10)5)11(15)18-12(2,3)4/h7-8,13H,6H2,1-5H3. The number of hydrogen-bond donors (Lipinski definition) is 1. The highest BCUT2D eigenvalue weighted by Crippen LogP contribution is 2.17. The van der Waals surface area contributed by atoms with E-state index in [2.05, 4.69) is 4.72 Å².